The Bertz CT molecular complexity index is 871. The van der Waals surface area contributed by atoms with Crippen molar-refractivity contribution in [3.8, 4) is 5.75 Å². The van der Waals surface area contributed by atoms with Crippen molar-refractivity contribution in [2.45, 2.75) is 84.4 Å². The zero-order valence-electron chi connectivity index (χ0n) is 22.8. The molecule has 0 aromatic heterocycles. The van der Waals surface area contributed by atoms with E-state index in [2.05, 4.69) is 29.5 Å². The molecule has 3 atom stereocenters. The molecule has 1 fully saturated rings. The van der Waals surface area contributed by atoms with Gasteiger partial charge in [-0.1, -0.05) is 26.2 Å². The number of rotatable bonds is 8. The molecule has 0 saturated heterocycles. The number of carbonyl (C=O) groups is 2. The van der Waals surface area contributed by atoms with Crippen LogP contribution in [0.25, 0.3) is 0 Å². The van der Waals surface area contributed by atoms with Crippen molar-refractivity contribution in [2.75, 3.05) is 38.6 Å². The van der Waals surface area contributed by atoms with Crippen molar-refractivity contribution in [1.82, 2.24) is 15.1 Å². The maximum atomic E-state index is 13.3. The number of ether oxygens (including phenoxy) is 1. The third-order valence-electron chi connectivity index (χ3n) is 7.38. The number of nitrogens with one attached hydrogen (secondary N) is 2. The van der Waals surface area contributed by atoms with E-state index in [0.717, 1.165) is 24.6 Å². The first-order chi connectivity index (χ1) is 17.2. The molecule has 0 bridgehead atoms. The summed E-state index contributed by atoms with van der Waals surface area (Å²) >= 11 is 0. The molecule has 1 aromatic carbocycles. The van der Waals surface area contributed by atoms with Crippen LogP contribution in [0.3, 0.4) is 0 Å². The number of amides is 3. The van der Waals surface area contributed by atoms with Crippen molar-refractivity contribution >= 4 is 17.6 Å². The molecule has 1 heterocycles. The summed E-state index contributed by atoms with van der Waals surface area (Å²) in [6, 6.07) is 4.96. The second-order valence-corrected chi connectivity index (χ2v) is 11.2. The Morgan fingerprint density at radius 1 is 1.19 bits per heavy atom. The minimum atomic E-state index is -0.286. The van der Waals surface area contributed by atoms with E-state index in [1.807, 2.05) is 39.0 Å². The van der Waals surface area contributed by atoms with Gasteiger partial charge in [0.1, 0.15) is 11.9 Å². The largest absolute Gasteiger partial charge is 0.488 e. The van der Waals surface area contributed by atoms with E-state index in [1.54, 1.807) is 4.90 Å². The number of nitrogens with zero attached hydrogens (tertiary/aromatic N) is 2. The van der Waals surface area contributed by atoms with Crippen molar-refractivity contribution in [3.05, 3.63) is 23.8 Å². The molecule has 0 spiro atoms. The molecular weight excluding hydrogens is 456 g/mol. The molecule has 2 aliphatic rings. The predicted octanol–water partition coefficient (Wildman–Crippen LogP) is 3.88. The first-order valence-electron chi connectivity index (χ1n) is 13.6. The maximum Gasteiger partial charge on any atom is 0.319 e. The molecule has 0 unspecified atom stereocenters. The zero-order chi connectivity index (χ0) is 26.2. The van der Waals surface area contributed by atoms with Gasteiger partial charge in [-0.05, 0) is 64.8 Å². The van der Waals surface area contributed by atoms with Crippen molar-refractivity contribution in [1.29, 1.82) is 0 Å². The van der Waals surface area contributed by atoms with Gasteiger partial charge in [-0.2, -0.15) is 0 Å². The Hall–Kier alpha value is -2.32. The van der Waals surface area contributed by atoms with Crippen LogP contribution in [0.15, 0.2) is 18.2 Å². The second kappa shape index (κ2) is 13.3. The third kappa shape index (κ3) is 8.10. The number of likely N-dealkylation sites (N-methyl/N-ethyl adjacent to an activating group) is 1. The number of anilines is 1. The van der Waals surface area contributed by atoms with Gasteiger partial charge in [0.05, 0.1) is 19.1 Å². The summed E-state index contributed by atoms with van der Waals surface area (Å²) in [5.74, 6) is 1.45. The number of aliphatic hydroxyl groups is 1. The molecule has 3 N–H and O–H groups in total. The average molecular weight is 503 g/mol. The van der Waals surface area contributed by atoms with E-state index in [4.69, 9.17) is 4.74 Å². The van der Waals surface area contributed by atoms with Crippen LogP contribution in [0.1, 0.15) is 65.4 Å². The summed E-state index contributed by atoms with van der Waals surface area (Å²) in [4.78, 5) is 29.7. The Morgan fingerprint density at radius 2 is 1.92 bits per heavy atom. The molecule has 1 aliphatic heterocycles. The first kappa shape index (κ1) is 28.3. The van der Waals surface area contributed by atoms with E-state index >= 15 is 0 Å². The highest BCUT2D eigenvalue weighted by Crippen LogP contribution is 2.30. The van der Waals surface area contributed by atoms with Crippen molar-refractivity contribution in [2.24, 2.45) is 11.8 Å². The summed E-state index contributed by atoms with van der Waals surface area (Å²) in [6.07, 6.45) is 6.63. The van der Waals surface area contributed by atoms with Crippen LogP contribution in [0.5, 0.6) is 5.75 Å². The maximum absolute atomic E-state index is 13.3. The van der Waals surface area contributed by atoms with Gasteiger partial charge in [0, 0.05) is 42.8 Å². The first-order valence-corrected chi connectivity index (χ1v) is 13.6. The number of benzene rings is 1. The molecule has 202 valence electrons. The monoisotopic (exact) mass is 502 g/mol. The van der Waals surface area contributed by atoms with Gasteiger partial charge in [0.25, 0.3) is 0 Å². The molecule has 3 amide bonds. The standard InChI is InChI=1S/C28H46N4O4/c1-19(2)29-28(35)30-24-11-12-25-23(13-24)14-27(34)32(21(4)18-33)15-20(3)26(36-25)17-31(5)16-22-9-7-6-8-10-22/h11-13,19-22,26,33H,6-10,14-18H2,1-5H3,(H2,29,30,35)/t20-,21+,26+/m0/s1. The van der Waals surface area contributed by atoms with E-state index in [9.17, 15) is 14.7 Å². The molecule has 8 nitrogen and oxygen atoms in total. The fourth-order valence-electron chi connectivity index (χ4n) is 5.35. The summed E-state index contributed by atoms with van der Waals surface area (Å²) < 4.78 is 6.61. The number of carbonyl (C=O) groups excluding carboxylic acids is 2. The Morgan fingerprint density at radius 3 is 2.58 bits per heavy atom. The lowest BCUT2D eigenvalue weighted by atomic mass is 9.89. The van der Waals surface area contributed by atoms with Crippen LogP contribution < -0.4 is 15.4 Å². The summed E-state index contributed by atoms with van der Waals surface area (Å²) in [7, 11) is 2.16. The number of aliphatic hydroxyl groups excluding tert-OH is 1. The predicted molar refractivity (Wildman–Crippen MR) is 143 cm³/mol. The summed E-state index contributed by atoms with van der Waals surface area (Å²) in [5, 5.41) is 15.5. The Balaban J connectivity index is 1.83. The van der Waals surface area contributed by atoms with Gasteiger partial charge in [-0.3, -0.25) is 4.79 Å². The topological polar surface area (TPSA) is 94.1 Å². The van der Waals surface area contributed by atoms with E-state index in [-0.39, 0.29) is 49.1 Å². The second-order valence-electron chi connectivity index (χ2n) is 11.2. The number of hydrogen-bond donors (Lipinski definition) is 3. The Labute approximate surface area is 216 Å². The van der Waals surface area contributed by atoms with E-state index in [0.29, 0.717) is 18.0 Å². The third-order valence-corrected chi connectivity index (χ3v) is 7.38. The molecule has 8 heteroatoms. The lowest BCUT2D eigenvalue weighted by molar-refractivity contribution is -0.134. The van der Waals surface area contributed by atoms with E-state index < -0.39 is 0 Å². The van der Waals surface area contributed by atoms with Crippen LogP contribution in [0, 0.1) is 11.8 Å². The van der Waals surface area contributed by atoms with Crippen LogP contribution in [0.2, 0.25) is 0 Å². The van der Waals surface area contributed by atoms with Crippen LogP contribution in [-0.2, 0) is 11.2 Å². The quantitative estimate of drug-likeness (QED) is 0.502. The van der Waals surface area contributed by atoms with Gasteiger partial charge in [-0.15, -0.1) is 0 Å². The molecular formula is C28H46N4O4. The fourth-order valence-corrected chi connectivity index (χ4v) is 5.35. The molecule has 1 aliphatic carbocycles. The number of urea groups is 1. The van der Waals surface area contributed by atoms with Crippen molar-refractivity contribution < 1.29 is 19.4 Å². The average Bonchev–Trinajstić information content (AvgIpc) is 2.86. The number of hydrogen-bond acceptors (Lipinski definition) is 5. The highest BCUT2D eigenvalue weighted by atomic mass is 16.5. The highest BCUT2D eigenvalue weighted by Gasteiger charge is 2.31. The van der Waals surface area contributed by atoms with Gasteiger partial charge in [0.15, 0.2) is 0 Å². The fraction of sp³-hybridized carbons (Fsp3) is 0.714. The van der Waals surface area contributed by atoms with Crippen LogP contribution >= 0.6 is 0 Å². The van der Waals surface area contributed by atoms with Gasteiger partial charge in [0.2, 0.25) is 5.91 Å². The summed E-state index contributed by atoms with van der Waals surface area (Å²) in [6.45, 7) is 10.1. The molecule has 0 radical (unpaired) electrons. The normalized spacial score (nSPS) is 22.3. The molecule has 1 saturated carbocycles. The molecule has 36 heavy (non-hydrogen) atoms. The zero-order valence-corrected chi connectivity index (χ0v) is 22.8. The lowest BCUT2D eigenvalue weighted by Crippen LogP contribution is -2.48. The lowest BCUT2D eigenvalue weighted by Gasteiger charge is -2.35. The van der Waals surface area contributed by atoms with Gasteiger partial charge < -0.3 is 30.3 Å². The van der Waals surface area contributed by atoms with Crippen LogP contribution in [-0.4, -0.2) is 78.3 Å². The summed E-state index contributed by atoms with van der Waals surface area (Å²) in [5.41, 5.74) is 1.36. The molecule has 1 aromatic rings. The minimum Gasteiger partial charge on any atom is -0.488 e. The van der Waals surface area contributed by atoms with E-state index in [1.165, 1.54) is 32.1 Å². The SMILES string of the molecule is CC(C)NC(=O)Nc1ccc2c(c1)CC(=O)N([C@H](C)CO)C[C@H](C)[C@@H](CN(C)CC1CCCCC1)O2. The van der Waals surface area contributed by atoms with Crippen molar-refractivity contribution in [3.63, 3.8) is 0 Å². The minimum absolute atomic E-state index is 0.0177. The van der Waals surface area contributed by atoms with Gasteiger partial charge in [-0.25, -0.2) is 4.79 Å². The smallest absolute Gasteiger partial charge is 0.319 e. The molecule has 3 rings (SSSR count). The Kier molecular flexibility index (Phi) is 10.4. The number of fused-ring (bicyclic) bond motifs is 1. The van der Waals surface area contributed by atoms with Crippen LogP contribution in [0.4, 0.5) is 10.5 Å². The van der Waals surface area contributed by atoms with Gasteiger partial charge >= 0.3 is 6.03 Å². The highest BCUT2D eigenvalue weighted by molar-refractivity contribution is 5.90.